The average molecular weight is 352 g/mol. The fourth-order valence-electron chi connectivity index (χ4n) is 2.21. The van der Waals surface area contributed by atoms with E-state index in [-0.39, 0.29) is 0 Å². The molecule has 102 valence electrons. The third-order valence-electron chi connectivity index (χ3n) is 3.48. The smallest absolute Gasteiger partial charge is 0.107 e. The van der Waals surface area contributed by atoms with Gasteiger partial charge in [0.15, 0.2) is 0 Å². The van der Waals surface area contributed by atoms with Gasteiger partial charge in [0.05, 0.1) is 0 Å². The lowest BCUT2D eigenvalue weighted by atomic mass is 9.99. The highest BCUT2D eigenvalue weighted by molar-refractivity contribution is 9.10. The van der Waals surface area contributed by atoms with Crippen LogP contribution in [0.3, 0.4) is 0 Å². The van der Waals surface area contributed by atoms with Crippen LogP contribution in [0.25, 0.3) is 0 Å². The molecule has 0 unspecified atom stereocenters. The maximum atomic E-state index is 6.01. The van der Waals surface area contributed by atoms with Crippen molar-refractivity contribution >= 4 is 38.9 Å². The van der Waals surface area contributed by atoms with Crippen molar-refractivity contribution in [2.45, 2.75) is 26.3 Å². The van der Waals surface area contributed by atoms with E-state index in [1.807, 2.05) is 0 Å². The van der Waals surface area contributed by atoms with Gasteiger partial charge in [-0.25, -0.2) is 0 Å². The first-order valence-corrected chi connectivity index (χ1v) is 8.50. The van der Waals surface area contributed by atoms with Gasteiger partial charge in [-0.1, -0.05) is 18.5 Å². The normalized spacial score (nSPS) is 18.4. The summed E-state index contributed by atoms with van der Waals surface area (Å²) in [6.45, 7) is 8.02. The lowest BCUT2D eigenvalue weighted by Gasteiger charge is -2.30. The van der Waals surface area contributed by atoms with Gasteiger partial charge in [-0.15, -0.1) is 11.3 Å². The summed E-state index contributed by atoms with van der Waals surface area (Å²) >= 11 is 11.1. The highest BCUT2D eigenvalue weighted by atomic mass is 79.9. The predicted molar refractivity (Wildman–Crippen MR) is 83.6 cm³/mol. The topological polar surface area (TPSA) is 15.3 Å². The van der Waals surface area contributed by atoms with Gasteiger partial charge in [-0.2, -0.15) is 0 Å². The Morgan fingerprint density at radius 3 is 2.83 bits per heavy atom. The SMILES string of the molecule is CC1CCN(CCNCc2cc(Br)c(Cl)s2)CC1. The molecule has 0 amide bonds. The molecule has 0 aliphatic carbocycles. The summed E-state index contributed by atoms with van der Waals surface area (Å²) in [5, 5.41) is 3.49. The van der Waals surface area contributed by atoms with Gasteiger partial charge in [0.25, 0.3) is 0 Å². The Balaban J connectivity index is 1.61. The summed E-state index contributed by atoms with van der Waals surface area (Å²) in [6.07, 6.45) is 2.71. The Morgan fingerprint density at radius 1 is 1.50 bits per heavy atom. The standard InChI is InChI=1S/C13H20BrClN2S/c1-10-2-5-17(6-3-10)7-4-16-9-11-8-12(14)13(15)18-11/h8,10,16H,2-7,9H2,1H3. The van der Waals surface area contributed by atoms with Gasteiger partial charge >= 0.3 is 0 Å². The molecule has 1 aromatic heterocycles. The third kappa shape index (κ3) is 4.49. The second-order valence-electron chi connectivity index (χ2n) is 5.04. The highest BCUT2D eigenvalue weighted by Gasteiger charge is 2.14. The Labute approximate surface area is 127 Å². The number of halogens is 2. The zero-order valence-corrected chi connectivity index (χ0v) is 13.9. The van der Waals surface area contributed by atoms with Crippen LogP contribution in [0.4, 0.5) is 0 Å². The molecule has 2 rings (SSSR count). The molecule has 1 saturated heterocycles. The van der Waals surface area contributed by atoms with E-state index in [1.165, 1.54) is 30.8 Å². The van der Waals surface area contributed by atoms with Gasteiger partial charge in [-0.05, 0) is 53.8 Å². The molecule has 0 spiro atoms. The van der Waals surface area contributed by atoms with E-state index in [4.69, 9.17) is 11.6 Å². The van der Waals surface area contributed by atoms with Gasteiger partial charge in [0, 0.05) is 29.0 Å². The minimum absolute atomic E-state index is 0.844. The first-order valence-electron chi connectivity index (χ1n) is 6.52. The molecule has 0 radical (unpaired) electrons. The molecule has 1 fully saturated rings. The minimum Gasteiger partial charge on any atom is -0.311 e. The van der Waals surface area contributed by atoms with Crippen molar-refractivity contribution in [3.8, 4) is 0 Å². The van der Waals surface area contributed by atoms with E-state index in [0.717, 1.165) is 34.4 Å². The maximum Gasteiger partial charge on any atom is 0.107 e. The van der Waals surface area contributed by atoms with Gasteiger partial charge < -0.3 is 10.2 Å². The molecule has 2 nitrogen and oxygen atoms in total. The molecule has 1 aromatic rings. The molecule has 0 saturated carbocycles. The third-order valence-corrected chi connectivity index (χ3v) is 5.95. The number of nitrogens with one attached hydrogen (secondary N) is 1. The highest BCUT2D eigenvalue weighted by Crippen LogP contribution is 2.31. The summed E-state index contributed by atoms with van der Waals surface area (Å²) in [7, 11) is 0. The maximum absolute atomic E-state index is 6.01. The van der Waals surface area contributed by atoms with Crippen molar-refractivity contribution in [3.05, 3.63) is 19.8 Å². The molecule has 0 bridgehead atoms. The van der Waals surface area contributed by atoms with E-state index in [1.54, 1.807) is 11.3 Å². The summed E-state index contributed by atoms with van der Waals surface area (Å²) < 4.78 is 1.85. The number of nitrogens with zero attached hydrogens (tertiary/aromatic N) is 1. The van der Waals surface area contributed by atoms with E-state index < -0.39 is 0 Å². The van der Waals surface area contributed by atoms with E-state index in [9.17, 15) is 0 Å². The number of hydrogen-bond donors (Lipinski definition) is 1. The minimum atomic E-state index is 0.844. The van der Waals surface area contributed by atoms with Gasteiger partial charge in [0.2, 0.25) is 0 Å². The van der Waals surface area contributed by atoms with Crippen molar-refractivity contribution < 1.29 is 0 Å². The molecule has 18 heavy (non-hydrogen) atoms. The van der Waals surface area contributed by atoms with E-state index >= 15 is 0 Å². The second-order valence-corrected chi connectivity index (χ2v) is 7.63. The Kier molecular flexibility index (Phi) is 5.96. The van der Waals surface area contributed by atoms with Crippen LogP contribution in [0, 0.1) is 5.92 Å². The summed E-state index contributed by atoms with van der Waals surface area (Å²) in [4.78, 5) is 3.85. The van der Waals surface area contributed by atoms with Crippen LogP contribution in [0.5, 0.6) is 0 Å². The molecular weight excluding hydrogens is 332 g/mol. The number of rotatable bonds is 5. The zero-order valence-electron chi connectivity index (χ0n) is 10.7. The van der Waals surface area contributed by atoms with Crippen molar-refractivity contribution in [2.24, 2.45) is 5.92 Å². The second kappa shape index (κ2) is 7.25. The molecule has 5 heteroatoms. The van der Waals surface area contributed by atoms with Gasteiger partial charge in [-0.3, -0.25) is 0 Å². The summed E-state index contributed by atoms with van der Waals surface area (Å²) in [6, 6.07) is 2.10. The molecule has 1 N–H and O–H groups in total. The van der Waals surface area contributed by atoms with Crippen LogP contribution >= 0.6 is 38.9 Å². The molecule has 1 aliphatic heterocycles. The van der Waals surface area contributed by atoms with Crippen molar-refractivity contribution in [1.82, 2.24) is 10.2 Å². The Bertz CT molecular complexity index is 356. The quantitative estimate of drug-likeness (QED) is 0.807. The fraction of sp³-hybridized carbons (Fsp3) is 0.692. The molecular formula is C13H20BrClN2S. The lowest BCUT2D eigenvalue weighted by molar-refractivity contribution is 0.193. The van der Waals surface area contributed by atoms with Gasteiger partial charge in [0.1, 0.15) is 4.34 Å². The van der Waals surface area contributed by atoms with Crippen molar-refractivity contribution in [3.63, 3.8) is 0 Å². The molecule has 2 heterocycles. The largest absolute Gasteiger partial charge is 0.311 e. The molecule has 0 atom stereocenters. The first kappa shape index (κ1) is 14.8. The van der Waals surface area contributed by atoms with Crippen LogP contribution in [-0.4, -0.2) is 31.1 Å². The number of thiophene rings is 1. The van der Waals surface area contributed by atoms with Crippen LogP contribution in [0.1, 0.15) is 24.6 Å². The van der Waals surface area contributed by atoms with Crippen LogP contribution in [0.2, 0.25) is 4.34 Å². The predicted octanol–water partition coefficient (Wildman–Crippen LogP) is 3.99. The Morgan fingerprint density at radius 2 is 2.22 bits per heavy atom. The number of likely N-dealkylation sites (tertiary alicyclic amines) is 1. The van der Waals surface area contributed by atoms with Crippen LogP contribution in [0.15, 0.2) is 10.5 Å². The van der Waals surface area contributed by atoms with Crippen LogP contribution < -0.4 is 5.32 Å². The summed E-state index contributed by atoms with van der Waals surface area (Å²) in [5.74, 6) is 0.917. The van der Waals surface area contributed by atoms with Crippen molar-refractivity contribution in [1.29, 1.82) is 0 Å². The lowest BCUT2D eigenvalue weighted by Crippen LogP contribution is -2.37. The number of piperidine rings is 1. The average Bonchev–Trinajstić information content (AvgIpc) is 2.67. The molecule has 0 aromatic carbocycles. The summed E-state index contributed by atoms with van der Waals surface area (Å²) in [5.41, 5.74) is 0. The van der Waals surface area contributed by atoms with Crippen LogP contribution in [-0.2, 0) is 6.54 Å². The monoisotopic (exact) mass is 350 g/mol. The fourth-order valence-corrected chi connectivity index (χ4v) is 3.97. The number of hydrogen-bond acceptors (Lipinski definition) is 3. The Hall–Kier alpha value is 0.390. The van der Waals surface area contributed by atoms with Crippen molar-refractivity contribution in [2.75, 3.05) is 26.2 Å². The van der Waals surface area contributed by atoms with E-state index in [0.29, 0.717) is 0 Å². The van der Waals surface area contributed by atoms with E-state index in [2.05, 4.69) is 39.1 Å². The first-order chi connectivity index (χ1) is 8.65. The molecule has 1 aliphatic rings. The zero-order chi connectivity index (χ0) is 13.0.